The number of aldehydes is 1. The average Bonchev–Trinajstić information content (AvgIpc) is 2.41. The summed E-state index contributed by atoms with van der Waals surface area (Å²) in [7, 11) is 0. The second-order valence-electron chi connectivity index (χ2n) is 5.91. The Kier molecular flexibility index (Phi) is 11.0. The zero-order valence-electron chi connectivity index (χ0n) is 14.0. The van der Waals surface area contributed by atoms with Gasteiger partial charge < -0.3 is 4.79 Å². The van der Waals surface area contributed by atoms with Crippen molar-refractivity contribution in [2.45, 2.75) is 72.6 Å². The van der Waals surface area contributed by atoms with E-state index in [1.54, 1.807) is 11.1 Å². The summed E-state index contributed by atoms with van der Waals surface area (Å²) >= 11 is 0. The Labute approximate surface area is 125 Å². The molecule has 1 heteroatoms. The molecule has 1 nitrogen and oxygen atoms in total. The fourth-order valence-corrected chi connectivity index (χ4v) is 2.57. The molecule has 0 heterocycles. The number of carbonyl (C=O) groups is 1. The molecule has 0 radical (unpaired) electrons. The quantitative estimate of drug-likeness (QED) is 0.626. The average molecular weight is 276 g/mol. The molecular formula is C19H32O. The Morgan fingerprint density at radius 3 is 2.35 bits per heavy atom. The van der Waals surface area contributed by atoms with Crippen molar-refractivity contribution in [3.05, 3.63) is 35.4 Å². The van der Waals surface area contributed by atoms with E-state index in [1.165, 1.54) is 39.0 Å². The van der Waals surface area contributed by atoms with Gasteiger partial charge in [-0.1, -0.05) is 64.8 Å². The topological polar surface area (TPSA) is 17.1 Å². The lowest BCUT2D eigenvalue weighted by Gasteiger charge is -2.21. The largest absolute Gasteiger partial charge is 0.304 e. The normalized spacial score (nSPS) is 16.2. The lowest BCUT2D eigenvalue weighted by Crippen LogP contribution is -2.05. The second kappa shape index (κ2) is 11.7. The molecule has 0 N–H and O–H groups in total. The van der Waals surface area contributed by atoms with Crippen LogP contribution in [-0.2, 0) is 11.2 Å². The molecule has 20 heavy (non-hydrogen) atoms. The van der Waals surface area contributed by atoms with Gasteiger partial charge in [0.25, 0.3) is 0 Å². The maximum Gasteiger partial charge on any atom is 0.116 e. The van der Waals surface area contributed by atoms with E-state index in [0.717, 1.165) is 18.1 Å². The zero-order chi connectivity index (χ0) is 15.4. The molecule has 1 unspecified atom stereocenters. The van der Waals surface area contributed by atoms with E-state index < -0.39 is 0 Å². The van der Waals surface area contributed by atoms with Crippen LogP contribution in [0, 0.1) is 5.92 Å². The van der Waals surface area contributed by atoms with Gasteiger partial charge in [0.05, 0.1) is 0 Å². The molecule has 2 rings (SSSR count). The standard InChI is InChI=1S/C11H14.C6H14.C2H4O/c1-9-5-4-7-10-6-2-3-8-11(9)10;1-4-5-6(2)3;1-2-3/h2-3,6,8-9H,4-5,7H2,1H3;6H,4-5H2,1-3H3;2H,1H3. The van der Waals surface area contributed by atoms with Crippen LogP contribution in [0.3, 0.4) is 0 Å². The van der Waals surface area contributed by atoms with E-state index in [1.807, 2.05) is 0 Å². The Hall–Kier alpha value is -1.11. The molecule has 0 fully saturated rings. The minimum Gasteiger partial charge on any atom is -0.304 e. The van der Waals surface area contributed by atoms with Crippen molar-refractivity contribution in [2.24, 2.45) is 5.92 Å². The minimum atomic E-state index is 0.750. The molecule has 1 aromatic rings. The summed E-state index contributed by atoms with van der Waals surface area (Å²) in [6.07, 6.45) is 7.49. The number of fused-ring (bicyclic) bond motifs is 1. The summed E-state index contributed by atoms with van der Waals surface area (Å²) in [5.41, 5.74) is 3.16. The Morgan fingerprint density at radius 1 is 1.30 bits per heavy atom. The van der Waals surface area contributed by atoms with Crippen molar-refractivity contribution in [2.75, 3.05) is 0 Å². The van der Waals surface area contributed by atoms with Crippen LogP contribution in [0.25, 0.3) is 0 Å². The number of hydrogen-bond donors (Lipinski definition) is 0. The lowest BCUT2D eigenvalue weighted by atomic mass is 9.84. The van der Waals surface area contributed by atoms with Gasteiger partial charge in [-0.25, -0.2) is 0 Å². The predicted octanol–water partition coefficient (Wildman–Crippen LogP) is 5.77. The highest BCUT2D eigenvalue weighted by molar-refractivity contribution is 5.44. The summed E-state index contributed by atoms with van der Waals surface area (Å²) in [5.74, 6) is 1.69. The van der Waals surface area contributed by atoms with Crippen molar-refractivity contribution in [1.29, 1.82) is 0 Å². The van der Waals surface area contributed by atoms with Crippen molar-refractivity contribution in [3.63, 3.8) is 0 Å². The minimum absolute atomic E-state index is 0.750. The van der Waals surface area contributed by atoms with Gasteiger partial charge in [-0.2, -0.15) is 0 Å². The van der Waals surface area contributed by atoms with Crippen LogP contribution in [0.2, 0.25) is 0 Å². The highest BCUT2D eigenvalue weighted by Crippen LogP contribution is 2.30. The molecule has 114 valence electrons. The maximum absolute atomic E-state index is 8.81. The zero-order valence-corrected chi connectivity index (χ0v) is 14.0. The van der Waals surface area contributed by atoms with Gasteiger partial charge >= 0.3 is 0 Å². The predicted molar refractivity (Wildman–Crippen MR) is 89.3 cm³/mol. The number of rotatable bonds is 2. The van der Waals surface area contributed by atoms with Gasteiger partial charge in [-0.15, -0.1) is 0 Å². The maximum atomic E-state index is 8.81. The van der Waals surface area contributed by atoms with E-state index in [0.29, 0.717) is 0 Å². The monoisotopic (exact) mass is 276 g/mol. The highest BCUT2D eigenvalue weighted by Gasteiger charge is 2.14. The summed E-state index contributed by atoms with van der Waals surface area (Å²) < 4.78 is 0. The summed E-state index contributed by atoms with van der Waals surface area (Å²) in [5, 5.41) is 0. The molecule has 0 saturated carbocycles. The van der Waals surface area contributed by atoms with E-state index in [2.05, 4.69) is 52.0 Å². The number of benzene rings is 1. The Balaban J connectivity index is 0.000000344. The third-order valence-electron chi connectivity index (χ3n) is 3.54. The number of hydrogen-bond acceptors (Lipinski definition) is 1. The van der Waals surface area contributed by atoms with Crippen molar-refractivity contribution >= 4 is 6.29 Å². The Bertz CT molecular complexity index is 355. The molecule has 0 bridgehead atoms. The van der Waals surface area contributed by atoms with Gasteiger partial charge in [0.15, 0.2) is 0 Å². The third-order valence-corrected chi connectivity index (χ3v) is 3.54. The van der Waals surface area contributed by atoms with Gasteiger partial charge in [-0.3, -0.25) is 0 Å². The van der Waals surface area contributed by atoms with E-state index >= 15 is 0 Å². The first kappa shape index (κ1) is 18.9. The van der Waals surface area contributed by atoms with Gasteiger partial charge in [0.2, 0.25) is 0 Å². The molecule has 1 aliphatic rings. The first-order valence-electron chi connectivity index (χ1n) is 8.04. The van der Waals surface area contributed by atoms with Crippen LogP contribution < -0.4 is 0 Å². The third kappa shape index (κ3) is 8.14. The first-order chi connectivity index (χ1) is 9.56. The highest BCUT2D eigenvalue weighted by atomic mass is 16.1. The van der Waals surface area contributed by atoms with Gasteiger partial charge in [0, 0.05) is 0 Å². The smallest absolute Gasteiger partial charge is 0.116 e. The number of aryl methyl sites for hydroxylation is 1. The Morgan fingerprint density at radius 2 is 1.90 bits per heavy atom. The summed E-state index contributed by atoms with van der Waals surface area (Å²) in [6.45, 7) is 10.5. The van der Waals surface area contributed by atoms with E-state index in [9.17, 15) is 0 Å². The van der Waals surface area contributed by atoms with Gasteiger partial charge in [0.1, 0.15) is 6.29 Å². The van der Waals surface area contributed by atoms with Gasteiger partial charge in [-0.05, 0) is 49.1 Å². The van der Waals surface area contributed by atoms with E-state index in [-0.39, 0.29) is 0 Å². The molecule has 0 amide bonds. The van der Waals surface area contributed by atoms with Crippen molar-refractivity contribution in [3.8, 4) is 0 Å². The molecule has 0 spiro atoms. The van der Waals surface area contributed by atoms with Crippen molar-refractivity contribution in [1.82, 2.24) is 0 Å². The second-order valence-corrected chi connectivity index (χ2v) is 5.91. The van der Waals surface area contributed by atoms with Crippen LogP contribution in [-0.4, -0.2) is 6.29 Å². The molecule has 0 saturated heterocycles. The van der Waals surface area contributed by atoms with Crippen LogP contribution in [0.1, 0.15) is 77.3 Å². The molecule has 1 aromatic carbocycles. The molecular weight excluding hydrogens is 244 g/mol. The van der Waals surface area contributed by atoms with Crippen molar-refractivity contribution < 1.29 is 4.79 Å². The summed E-state index contributed by atoms with van der Waals surface area (Å²) in [6, 6.07) is 8.85. The number of carbonyl (C=O) groups excluding carboxylic acids is 1. The van der Waals surface area contributed by atoms with Crippen LogP contribution >= 0.6 is 0 Å². The van der Waals surface area contributed by atoms with Crippen LogP contribution in [0.15, 0.2) is 24.3 Å². The molecule has 1 aliphatic carbocycles. The molecule has 0 aromatic heterocycles. The SMILES string of the molecule is CC1CCCc2ccccc21.CC=O.CCCC(C)C. The lowest BCUT2D eigenvalue weighted by molar-refractivity contribution is -0.106. The summed E-state index contributed by atoms with van der Waals surface area (Å²) in [4.78, 5) is 8.81. The molecule has 0 aliphatic heterocycles. The van der Waals surface area contributed by atoms with Crippen LogP contribution in [0.5, 0.6) is 0 Å². The first-order valence-corrected chi connectivity index (χ1v) is 8.04. The molecule has 1 atom stereocenters. The van der Waals surface area contributed by atoms with Crippen LogP contribution in [0.4, 0.5) is 0 Å². The van der Waals surface area contributed by atoms with E-state index in [4.69, 9.17) is 4.79 Å². The fourth-order valence-electron chi connectivity index (χ4n) is 2.57. The fraction of sp³-hybridized carbons (Fsp3) is 0.632.